The van der Waals surface area contributed by atoms with Gasteiger partial charge in [-0.05, 0) is 43.7 Å². The van der Waals surface area contributed by atoms with E-state index in [1.807, 2.05) is 25.1 Å². The van der Waals surface area contributed by atoms with Gasteiger partial charge in [0.2, 0.25) is 0 Å². The second-order valence-electron chi connectivity index (χ2n) is 7.28. The highest BCUT2D eigenvalue weighted by atomic mass is 127. The van der Waals surface area contributed by atoms with Crippen molar-refractivity contribution in [1.29, 1.82) is 0 Å². The number of halogens is 1. The van der Waals surface area contributed by atoms with Gasteiger partial charge >= 0.3 is 0 Å². The summed E-state index contributed by atoms with van der Waals surface area (Å²) in [4.78, 5) is 16.8. The molecule has 1 aliphatic rings. The predicted octanol–water partition coefficient (Wildman–Crippen LogP) is 2.92. The summed E-state index contributed by atoms with van der Waals surface area (Å²) in [5.74, 6) is 0.706. The normalized spacial score (nSPS) is 16.0. The molecule has 0 saturated heterocycles. The maximum Gasteiger partial charge on any atom is 0.251 e. The summed E-state index contributed by atoms with van der Waals surface area (Å²) in [5.41, 5.74) is 0.804. The third kappa shape index (κ3) is 8.34. The lowest BCUT2D eigenvalue weighted by molar-refractivity contribution is 0.0954. The Morgan fingerprint density at radius 2 is 1.75 bits per heavy atom. The van der Waals surface area contributed by atoms with Crippen molar-refractivity contribution < 1.29 is 9.90 Å². The number of rotatable bonds is 9. The average molecular weight is 502 g/mol. The summed E-state index contributed by atoms with van der Waals surface area (Å²) in [7, 11) is 0. The highest BCUT2D eigenvalue weighted by molar-refractivity contribution is 14.0. The number of amides is 1. The number of aliphatic hydroxyl groups is 1. The van der Waals surface area contributed by atoms with E-state index in [1.165, 1.54) is 19.3 Å². The second kappa shape index (κ2) is 13.8. The van der Waals surface area contributed by atoms with Crippen LogP contribution in [-0.2, 0) is 0 Å². The summed E-state index contributed by atoms with van der Waals surface area (Å²) in [5, 5.41) is 18.9. The highest BCUT2D eigenvalue weighted by Gasteiger charge is 2.31. The number of benzene rings is 1. The molecule has 1 amide bonds. The SMILES string of the molecule is CCNC(=NCC1(CCO)CCCCC1)NCCNC(=O)c1ccccc1.I. The fourth-order valence-electron chi connectivity index (χ4n) is 3.66. The summed E-state index contributed by atoms with van der Waals surface area (Å²) in [6.45, 7) is 4.93. The Bertz CT molecular complexity index is 584. The van der Waals surface area contributed by atoms with Crippen molar-refractivity contribution >= 4 is 35.8 Å². The van der Waals surface area contributed by atoms with Gasteiger partial charge in [0.15, 0.2) is 5.96 Å². The standard InChI is InChI=1S/C21H34N4O2.HI/c1-2-22-20(25-17-21(13-16-26)11-7-4-8-12-21)24-15-14-23-19(27)18-9-5-3-6-10-18;/h3,5-6,9-10,26H,2,4,7-8,11-17H2,1H3,(H,23,27)(H2,22,24,25);1H. The van der Waals surface area contributed by atoms with Crippen molar-refractivity contribution in [2.75, 3.05) is 32.8 Å². The van der Waals surface area contributed by atoms with E-state index in [-0.39, 0.29) is 41.9 Å². The molecule has 1 aromatic rings. The van der Waals surface area contributed by atoms with E-state index < -0.39 is 0 Å². The third-order valence-electron chi connectivity index (χ3n) is 5.21. The molecule has 0 radical (unpaired) electrons. The summed E-state index contributed by atoms with van der Waals surface area (Å²) in [6.07, 6.45) is 6.85. The van der Waals surface area contributed by atoms with Crippen LogP contribution in [-0.4, -0.2) is 49.8 Å². The van der Waals surface area contributed by atoms with Crippen molar-refractivity contribution in [3.63, 3.8) is 0 Å². The smallest absolute Gasteiger partial charge is 0.251 e. The molecule has 0 heterocycles. The molecule has 4 N–H and O–H groups in total. The molecule has 2 rings (SSSR count). The van der Waals surface area contributed by atoms with E-state index >= 15 is 0 Å². The highest BCUT2D eigenvalue weighted by Crippen LogP contribution is 2.39. The maximum absolute atomic E-state index is 12.1. The lowest BCUT2D eigenvalue weighted by Crippen LogP contribution is -2.42. The van der Waals surface area contributed by atoms with Gasteiger partial charge < -0.3 is 21.1 Å². The number of hydrogen-bond acceptors (Lipinski definition) is 3. The van der Waals surface area contributed by atoms with Crippen LogP contribution in [0.2, 0.25) is 0 Å². The molecule has 1 saturated carbocycles. The van der Waals surface area contributed by atoms with Crippen LogP contribution < -0.4 is 16.0 Å². The molecular formula is C21H35IN4O2. The first kappa shape index (κ1) is 24.7. The molecular weight excluding hydrogens is 467 g/mol. The van der Waals surface area contributed by atoms with E-state index in [1.54, 1.807) is 12.1 Å². The van der Waals surface area contributed by atoms with Crippen LogP contribution in [0.25, 0.3) is 0 Å². The molecule has 0 aliphatic heterocycles. The Morgan fingerprint density at radius 1 is 1.07 bits per heavy atom. The molecule has 158 valence electrons. The lowest BCUT2D eigenvalue weighted by atomic mass is 9.72. The average Bonchev–Trinajstić information content (AvgIpc) is 2.71. The number of guanidine groups is 1. The third-order valence-corrected chi connectivity index (χ3v) is 5.21. The Hall–Kier alpha value is -1.35. The van der Waals surface area contributed by atoms with Gasteiger partial charge in [0.25, 0.3) is 5.91 Å². The maximum atomic E-state index is 12.1. The van der Waals surface area contributed by atoms with Gasteiger partial charge in [-0.25, -0.2) is 0 Å². The molecule has 1 aromatic carbocycles. The van der Waals surface area contributed by atoms with Gasteiger partial charge in [0.05, 0.1) is 0 Å². The molecule has 7 heteroatoms. The number of nitrogens with zero attached hydrogens (tertiary/aromatic N) is 1. The summed E-state index contributed by atoms with van der Waals surface area (Å²) in [6, 6.07) is 9.22. The van der Waals surface area contributed by atoms with Gasteiger partial charge in [0.1, 0.15) is 0 Å². The van der Waals surface area contributed by atoms with E-state index in [9.17, 15) is 9.90 Å². The number of aliphatic hydroxyl groups excluding tert-OH is 1. The molecule has 0 unspecified atom stereocenters. The zero-order chi connectivity index (χ0) is 19.4. The van der Waals surface area contributed by atoms with Crippen LogP contribution in [0.5, 0.6) is 0 Å². The predicted molar refractivity (Wildman–Crippen MR) is 125 cm³/mol. The molecule has 0 aromatic heterocycles. The largest absolute Gasteiger partial charge is 0.396 e. The Labute approximate surface area is 186 Å². The number of nitrogens with one attached hydrogen (secondary N) is 3. The van der Waals surface area contributed by atoms with E-state index in [2.05, 4.69) is 16.0 Å². The molecule has 0 bridgehead atoms. The van der Waals surface area contributed by atoms with Crippen LogP contribution in [0.3, 0.4) is 0 Å². The molecule has 1 aliphatic carbocycles. The Balaban J connectivity index is 0.00000392. The number of carbonyl (C=O) groups is 1. The molecule has 0 spiro atoms. The molecule has 6 nitrogen and oxygen atoms in total. The van der Waals surface area contributed by atoms with Crippen LogP contribution in [0.1, 0.15) is 55.8 Å². The van der Waals surface area contributed by atoms with E-state index in [0.29, 0.717) is 18.7 Å². The van der Waals surface area contributed by atoms with Crippen molar-refractivity contribution in [2.24, 2.45) is 10.4 Å². The molecule has 1 fully saturated rings. The zero-order valence-corrected chi connectivity index (χ0v) is 19.2. The summed E-state index contributed by atoms with van der Waals surface area (Å²) >= 11 is 0. The Kier molecular flexibility index (Phi) is 12.1. The van der Waals surface area contributed by atoms with E-state index in [0.717, 1.165) is 38.3 Å². The Morgan fingerprint density at radius 3 is 2.39 bits per heavy atom. The van der Waals surface area contributed by atoms with Gasteiger partial charge in [-0.3, -0.25) is 9.79 Å². The minimum absolute atomic E-state index is 0. The molecule has 28 heavy (non-hydrogen) atoms. The number of carbonyl (C=O) groups excluding carboxylic acids is 1. The second-order valence-corrected chi connectivity index (χ2v) is 7.28. The minimum Gasteiger partial charge on any atom is -0.396 e. The van der Waals surface area contributed by atoms with Crippen molar-refractivity contribution in [3.8, 4) is 0 Å². The van der Waals surface area contributed by atoms with Gasteiger partial charge in [-0.2, -0.15) is 0 Å². The molecule has 0 atom stereocenters. The monoisotopic (exact) mass is 502 g/mol. The fourth-order valence-corrected chi connectivity index (χ4v) is 3.66. The van der Waals surface area contributed by atoms with Gasteiger partial charge in [-0.15, -0.1) is 24.0 Å². The summed E-state index contributed by atoms with van der Waals surface area (Å²) < 4.78 is 0. The van der Waals surface area contributed by atoms with Crippen molar-refractivity contribution in [2.45, 2.75) is 45.4 Å². The van der Waals surface area contributed by atoms with Crippen LogP contribution >= 0.6 is 24.0 Å². The van der Waals surface area contributed by atoms with Gasteiger partial charge in [-0.1, -0.05) is 37.5 Å². The first-order chi connectivity index (χ1) is 13.2. The van der Waals surface area contributed by atoms with Crippen molar-refractivity contribution in [3.05, 3.63) is 35.9 Å². The lowest BCUT2D eigenvalue weighted by Gasteiger charge is -2.35. The fraction of sp³-hybridized carbons (Fsp3) is 0.619. The van der Waals surface area contributed by atoms with Crippen LogP contribution in [0, 0.1) is 5.41 Å². The first-order valence-corrected chi connectivity index (χ1v) is 10.2. The topological polar surface area (TPSA) is 85.8 Å². The van der Waals surface area contributed by atoms with Gasteiger partial charge in [0, 0.05) is 38.3 Å². The quantitative estimate of drug-likeness (QED) is 0.181. The van der Waals surface area contributed by atoms with E-state index in [4.69, 9.17) is 4.99 Å². The minimum atomic E-state index is -0.0663. The van der Waals surface area contributed by atoms with Crippen LogP contribution in [0.4, 0.5) is 0 Å². The zero-order valence-electron chi connectivity index (χ0n) is 16.9. The number of aliphatic imine (C=N–C) groups is 1. The van der Waals surface area contributed by atoms with Crippen molar-refractivity contribution in [1.82, 2.24) is 16.0 Å². The first-order valence-electron chi connectivity index (χ1n) is 10.2. The number of hydrogen-bond donors (Lipinski definition) is 4. The van der Waals surface area contributed by atoms with Crippen LogP contribution in [0.15, 0.2) is 35.3 Å².